The number of hydrogen-bond donors (Lipinski definition) is 2. The Kier molecular flexibility index (Phi) is 1.68. The van der Waals surface area contributed by atoms with Gasteiger partial charge in [0.15, 0.2) is 0 Å². The number of rotatable bonds is 2. The van der Waals surface area contributed by atoms with Crippen LogP contribution in [0.4, 0.5) is 0 Å². The minimum Gasteiger partial charge on any atom is -0.462 e. The molecule has 2 heterocycles. The average Bonchev–Trinajstić information content (AvgIpc) is 2.32. The average molecular weight is 153 g/mol. The molecule has 1 atom stereocenters. The molecule has 1 aliphatic heterocycles. The highest BCUT2D eigenvalue weighted by Crippen LogP contribution is 2.24. The van der Waals surface area contributed by atoms with E-state index >= 15 is 0 Å². The molecule has 0 bridgehead atoms. The summed E-state index contributed by atoms with van der Waals surface area (Å²) in [6.07, 6.45) is 1.14. The van der Waals surface area contributed by atoms with Crippen molar-refractivity contribution in [1.29, 1.82) is 0 Å². The number of aliphatic hydroxyl groups excluding tert-OH is 1. The molecule has 0 spiro atoms. The molecule has 0 aromatic carbocycles. The normalized spacial score (nSPS) is 23.2. The first-order valence-corrected chi connectivity index (χ1v) is 3.83. The van der Waals surface area contributed by atoms with Crippen molar-refractivity contribution in [3.05, 3.63) is 23.7 Å². The van der Waals surface area contributed by atoms with Gasteiger partial charge in [-0.25, -0.2) is 0 Å². The summed E-state index contributed by atoms with van der Waals surface area (Å²) in [7, 11) is 0. The summed E-state index contributed by atoms with van der Waals surface area (Å²) < 4.78 is 5.32. The van der Waals surface area contributed by atoms with E-state index in [2.05, 4.69) is 5.32 Å². The Labute approximate surface area is 65.0 Å². The minimum absolute atomic E-state index is 0.00722. The van der Waals surface area contributed by atoms with E-state index in [-0.39, 0.29) is 6.61 Å². The van der Waals surface area contributed by atoms with Crippen LogP contribution < -0.4 is 5.32 Å². The van der Waals surface area contributed by atoms with Gasteiger partial charge in [-0.2, -0.15) is 0 Å². The van der Waals surface area contributed by atoms with Gasteiger partial charge in [0.25, 0.3) is 0 Å². The van der Waals surface area contributed by atoms with Crippen molar-refractivity contribution in [1.82, 2.24) is 5.32 Å². The summed E-state index contributed by atoms with van der Waals surface area (Å²) in [5.74, 6) is 1.59. The minimum atomic E-state index is -0.00722. The summed E-state index contributed by atoms with van der Waals surface area (Å²) in [4.78, 5) is 0. The molecule has 1 aliphatic rings. The van der Waals surface area contributed by atoms with Gasteiger partial charge in [-0.1, -0.05) is 0 Å². The van der Waals surface area contributed by atoms with Crippen molar-refractivity contribution in [2.75, 3.05) is 6.54 Å². The van der Waals surface area contributed by atoms with Crippen LogP contribution in [0.1, 0.15) is 24.0 Å². The first-order valence-electron chi connectivity index (χ1n) is 3.83. The Hall–Kier alpha value is -0.800. The van der Waals surface area contributed by atoms with Gasteiger partial charge in [0, 0.05) is 0 Å². The number of nitrogens with one attached hydrogen (secondary N) is 1. The highest BCUT2D eigenvalue weighted by Gasteiger charge is 2.21. The van der Waals surface area contributed by atoms with Gasteiger partial charge in [0.1, 0.15) is 18.1 Å². The molecule has 0 saturated carbocycles. The fourth-order valence-corrected chi connectivity index (χ4v) is 1.20. The van der Waals surface area contributed by atoms with Crippen molar-refractivity contribution >= 4 is 0 Å². The smallest absolute Gasteiger partial charge is 0.129 e. The molecule has 3 heteroatoms. The molecule has 0 amide bonds. The van der Waals surface area contributed by atoms with Gasteiger partial charge < -0.3 is 14.8 Å². The van der Waals surface area contributed by atoms with Crippen LogP contribution in [0.15, 0.2) is 16.5 Å². The molecule has 0 aliphatic carbocycles. The van der Waals surface area contributed by atoms with E-state index in [4.69, 9.17) is 9.52 Å². The van der Waals surface area contributed by atoms with Crippen LogP contribution in [0, 0.1) is 0 Å². The maximum absolute atomic E-state index is 8.71. The second-order valence-corrected chi connectivity index (χ2v) is 2.76. The third-order valence-electron chi connectivity index (χ3n) is 2.01. The second kappa shape index (κ2) is 2.68. The monoisotopic (exact) mass is 153 g/mol. The molecular formula is C8H11NO2. The third kappa shape index (κ3) is 1.17. The topological polar surface area (TPSA) is 45.4 Å². The van der Waals surface area contributed by atoms with Crippen LogP contribution in [0.2, 0.25) is 0 Å². The first kappa shape index (κ1) is 6.88. The summed E-state index contributed by atoms with van der Waals surface area (Å²) in [5, 5.41) is 11.9. The Bertz CT molecular complexity index is 240. The molecule has 3 nitrogen and oxygen atoms in total. The van der Waals surface area contributed by atoms with Crippen molar-refractivity contribution in [2.45, 2.75) is 19.1 Å². The second-order valence-electron chi connectivity index (χ2n) is 2.76. The molecule has 2 N–H and O–H groups in total. The molecule has 1 aromatic heterocycles. The van der Waals surface area contributed by atoms with Crippen molar-refractivity contribution in [3.63, 3.8) is 0 Å². The van der Waals surface area contributed by atoms with Gasteiger partial charge in [0.2, 0.25) is 0 Å². The van der Waals surface area contributed by atoms with E-state index in [0.717, 1.165) is 18.7 Å². The van der Waals surface area contributed by atoms with Crippen molar-refractivity contribution in [3.8, 4) is 0 Å². The van der Waals surface area contributed by atoms with Crippen LogP contribution >= 0.6 is 0 Å². The summed E-state index contributed by atoms with van der Waals surface area (Å²) in [6.45, 7) is 1.06. The SMILES string of the molecule is OCc1ccc([C@@H]2CCN2)o1. The van der Waals surface area contributed by atoms with Crippen LogP contribution in [0.3, 0.4) is 0 Å². The molecule has 1 fully saturated rings. The van der Waals surface area contributed by atoms with Gasteiger partial charge in [-0.15, -0.1) is 0 Å². The highest BCUT2D eigenvalue weighted by molar-refractivity contribution is 5.12. The molecule has 60 valence electrons. The Morgan fingerprint density at radius 2 is 2.45 bits per heavy atom. The van der Waals surface area contributed by atoms with Gasteiger partial charge >= 0.3 is 0 Å². The van der Waals surface area contributed by atoms with E-state index in [1.807, 2.05) is 12.1 Å². The predicted octanol–water partition coefficient (Wildman–Crippen LogP) is 0.806. The fourth-order valence-electron chi connectivity index (χ4n) is 1.20. The van der Waals surface area contributed by atoms with E-state index in [1.54, 1.807) is 0 Å². The molecule has 1 saturated heterocycles. The predicted molar refractivity (Wildman–Crippen MR) is 40.0 cm³/mol. The Morgan fingerprint density at radius 3 is 2.91 bits per heavy atom. The largest absolute Gasteiger partial charge is 0.462 e. The maximum Gasteiger partial charge on any atom is 0.129 e. The molecule has 0 radical (unpaired) electrons. The molecule has 0 unspecified atom stereocenters. The van der Waals surface area contributed by atoms with Crippen molar-refractivity contribution < 1.29 is 9.52 Å². The molecular weight excluding hydrogens is 142 g/mol. The lowest BCUT2D eigenvalue weighted by atomic mass is 10.1. The number of aliphatic hydroxyl groups is 1. The van der Waals surface area contributed by atoms with E-state index < -0.39 is 0 Å². The zero-order valence-electron chi connectivity index (χ0n) is 6.21. The third-order valence-corrected chi connectivity index (χ3v) is 2.01. The lowest BCUT2D eigenvalue weighted by Crippen LogP contribution is -2.34. The molecule has 1 aromatic rings. The highest BCUT2D eigenvalue weighted by atomic mass is 16.4. The lowest BCUT2D eigenvalue weighted by molar-refractivity contribution is 0.231. The standard InChI is InChI=1S/C8H11NO2/c10-5-6-1-2-8(11-6)7-3-4-9-7/h1-2,7,9-10H,3-5H2/t7-/m0/s1. The zero-order chi connectivity index (χ0) is 7.68. The van der Waals surface area contributed by atoms with E-state index in [1.165, 1.54) is 0 Å². The summed E-state index contributed by atoms with van der Waals surface area (Å²) in [6, 6.07) is 4.12. The lowest BCUT2D eigenvalue weighted by Gasteiger charge is -2.25. The quantitative estimate of drug-likeness (QED) is 0.660. The van der Waals surface area contributed by atoms with Crippen LogP contribution in [-0.4, -0.2) is 11.7 Å². The number of furan rings is 1. The molecule has 11 heavy (non-hydrogen) atoms. The van der Waals surface area contributed by atoms with Crippen LogP contribution in [0.25, 0.3) is 0 Å². The number of hydrogen-bond acceptors (Lipinski definition) is 3. The van der Waals surface area contributed by atoms with E-state index in [0.29, 0.717) is 11.8 Å². The Balaban J connectivity index is 2.11. The van der Waals surface area contributed by atoms with Gasteiger partial charge in [-0.05, 0) is 25.1 Å². The maximum atomic E-state index is 8.71. The van der Waals surface area contributed by atoms with Gasteiger partial charge in [0.05, 0.1) is 6.04 Å². The van der Waals surface area contributed by atoms with E-state index in [9.17, 15) is 0 Å². The summed E-state index contributed by atoms with van der Waals surface area (Å²) >= 11 is 0. The van der Waals surface area contributed by atoms with Crippen LogP contribution in [-0.2, 0) is 6.61 Å². The Morgan fingerprint density at radius 1 is 1.64 bits per heavy atom. The summed E-state index contributed by atoms with van der Waals surface area (Å²) in [5.41, 5.74) is 0. The molecule has 2 rings (SSSR count). The van der Waals surface area contributed by atoms with Crippen molar-refractivity contribution in [2.24, 2.45) is 0 Å². The zero-order valence-corrected chi connectivity index (χ0v) is 6.21. The fraction of sp³-hybridized carbons (Fsp3) is 0.500. The van der Waals surface area contributed by atoms with Crippen LogP contribution in [0.5, 0.6) is 0 Å². The van der Waals surface area contributed by atoms with Gasteiger partial charge in [-0.3, -0.25) is 0 Å². The first-order chi connectivity index (χ1) is 5.40.